The van der Waals surface area contributed by atoms with E-state index in [-0.39, 0.29) is 16.9 Å². The van der Waals surface area contributed by atoms with Crippen molar-refractivity contribution in [2.24, 2.45) is 0 Å². The lowest BCUT2D eigenvalue weighted by molar-refractivity contribution is 0.0708. The molecule has 17 heavy (non-hydrogen) atoms. The number of aromatic amines is 1. The fourth-order valence-electron chi connectivity index (χ4n) is 1.39. The van der Waals surface area contributed by atoms with Crippen LogP contribution in [-0.4, -0.2) is 42.6 Å². The van der Waals surface area contributed by atoms with Gasteiger partial charge in [0.25, 0.3) is 5.91 Å². The van der Waals surface area contributed by atoms with Crippen molar-refractivity contribution in [1.29, 1.82) is 0 Å². The molecule has 0 aromatic carbocycles. The summed E-state index contributed by atoms with van der Waals surface area (Å²) < 4.78 is 5.16. The SMILES string of the molecule is CCOCCN(C)C(=O)c1c[nH]c(C)cc1=O. The van der Waals surface area contributed by atoms with E-state index in [0.717, 1.165) is 5.69 Å². The van der Waals surface area contributed by atoms with Crippen LogP contribution in [0.3, 0.4) is 0 Å². The predicted octanol–water partition coefficient (Wildman–Crippen LogP) is 0.792. The lowest BCUT2D eigenvalue weighted by Crippen LogP contribution is -2.33. The van der Waals surface area contributed by atoms with Crippen molar-refractivity contribution in [3.63, 3.8) is 0 Å². The van der Waals surface area contributed by atoms with Crippen LogP contribution < -0.4 is 5.43 Å². The van der Waals surface area contributed by atoms with Gasteiger partial charge in [0.1, 0.15) is 5.56 Å². The number of carbonyl (C=O) groups is 1. The molecular formula is C12H18N2O3. The van der Waals surface area contributed by atoms with Crippen molar-refractivity contribution >= 4 is 5.91 Å². The third-order valence-electron chi connectivity index (χ3n) is 2.41. The Balaban J connectivity index is 2.72. The van der Waals surface area contributed by atoms with E-state index < -0.39 is 0 Å². The molecule has 0 saturated carbocycles. The summed E-state index contributed by atoms with van der Waals surface area (Å²) in [6, 6.07) is 1.42. The zero-order valence-corrected chi connectivity index (χ0v) is 10.4. The lowest BCUT2D eigenvalue weighted by Gasteiger charge is -2.16. The first-order valence-corrected chi connectivity index (χ1v) is 5.58. The maximum Gasteiger partial charge on any atom is 0.259 e. The normalized spacial score (nSPS) is 10.3. The van der Waals surface area contributed by atoms with Gasteiger partial charge in [-0.3, -0.25) is 9.59 Å². The highest BCUT2D eigenvalue weighted by molar-refractivity contribution is 5.93. The quantitative estimate of drug-likeness (QED) is 0.771. The predicted molar refractivity (Wildman–Crippen MR) is 65.3 cm³/mol. The van der Waals surface area contributed by atoms with Crippen molar-refractivity contribution in [1.82, 2.24) is 9.88 Å². The van der Waals surface area contributed by atoms with E-state index in [9.17, 15) is 9.59 Å². The Morgan fingerprint density at radius 1 is 1.53 bits per heavy atom. The number of hydrogen-bond acceptors (Lipinski definition) is 3. The Morgan fingerprint density at radius 2 is 2.24 bits per heavy atom. The second kappa shape index (κ2) is 6.20. The summed E-state index contributed by atoms with van der Waals surface area (Å²) in [7, 11) is 1.65. The molecule has 0 aliphatic rings. The van der Waals surface area contributed by atoms with Crippen LogP contribution >= 0.6 is 0 Å². The fraction of sp³-hybridized carbons (Fsp3) is 0.500. The largest absolute Gasteiger partial charge is 0.380 e. The summed E-state index contributed by atoms with van der Waals surface area (Å²) in [5.41, 5.74) is 0.646. The van der Waals surface area contributed by atoms with Crippen LogP contribution in [0, 0.1) is 6.92 Å². The van der Waals surface area contributed by atoms with Gasteiger partial charge in [-0.25, -0.2) is 0 Å². The monoisotopic (exact) mass is 238 g/mol. The van der Waals surface area contributed by atoms with E-state index in [1.54, 1.807) is 14.0 Å². The molecule has 5 heteroatoms. The molecule has 0 saturated heterocycles. The Kier molecular flexibility index (Phi) is 4.90. The smallest absolute Gasteiger partial charge is 0.259 e. The summed E-state index contributed by atoms with van der Waals surface area (Å²) in [4.78, 5) is 27.9. The summed E-state index contributed by atoms with van der Waals surface area (Å²) in [5, 5.41) is 0. The van der Waals surface area contributed by atoms with E-state index in [1.165, 1.54) is 17.2 Å². The molecule has 0 aliphatic carbocycles. The highest BCUT2D eigenvalue weighted by atomic mass is 16.5. The van der Waals surface area contributed by atoms with Crippen molar-refractivity contribution in [2.45, 2.75) is 13.8 Å². The van der Waals surface area contributed by atoms with E-state index in [1.807, 2.05) is 6.92 Å². The van der Waals surface area contributed by atoms with Crippen molar-refractivity contribution in [2.75, 3.05) is 26.8 Å². The highest BCUT2D eigenvalue weighted by Gasteiger charge is 2.14. The molecule has 1 heterocycles. The maximum absolute atomic E-state index is 11.9. The van der Waals surface area contributed by atoms with Crippen molar-refractivity contribution < 1.29 is 9.53 Å². The molecule has 1 N–H and O–H groups in total. The van der Waals surface area contributed by atoms with Crippen LogP contribution in [0.1, 0.15) is 23.0 Å². The number of pyridine rings is 1. The van der Waals surface area contributed by atoms with Crippen LogP contribution in [0.15, 0.2) is 17.1 Å². The molecule has 0 radical (unpaired) electrons. The van der Waals surface area contributed by atoms with Crippen molar-refractivity contribution in [3.8, 4) is 0 Å². The summed E-state index contributed by atoms with van der Waals surface area (Å²) in [6.07, 6.45) is 1.46. The molecule has 1 amide bonds. The van der Waals surface area contributed by atoms with Gasteiger partial charge in [-0.15, -0.1) is 0 Å². The Bertz CT molecular complexity index is 440. The Morgan fingerprint density at radius 3 is 2.82 bits per heavy atom. The number of nitrogens with one attached hydrogen (secondary N) is 1. The fourth-order valence-corrected chi connectivity index (χ4v) is 1.39. The molecule has 94 valence electrons. The zero-order chi connectivity index (χ0) is 12.8. The zero-order valence-electron chi connectivity index (χ0n) is 10.4. The Hall–Kier alpha value is -1.62. The molecule has 0 bridgehead atoms. The third-order valence-corrected chi connectivity index (χ3v) is 2.41. The average Bonchev–Trinajstić information content (AvgIpc) is 2.28. The van der Waals surface area contributed by atoms with Gasteiger partial charge in [0.2, 0.25) is 0 Å². The second-order valence-electron chi connectivity index (χ2n) is 3.82. The number of aromatic nitrogens is 1. The summed E-state index contributed by atoms with van der Waals surface area (Å²) >= 11 is 0. The summed E-state index contributed by atoms with van der Waals surface area (Å²) in [5.74, 6) is -0.286. The van der Waals surface area contributed by atoms with Crippen LogP contribution in [-0.2, 0) is 4.74 Å². The molecular weight excluding hydrogens is 220 g/mol. The minimum Gasteiger partial charge on any atom is -0.380 e. The lowest BCUT2D eigenvalue weighted by atomic mass is 10.2. The van der Waals surface area contributed by atoms with Gasteiger partial charge in [-0.05, 0) is 13.8 Å². The van der Waals surface area contributed by atoms with Gasteiger partial charge in [0.05, 0.1) is 6.61 Å². The topological polar surface area (TPSA) is 62.4 Å². The van der Waals surface area contributed by atoms with E-state index in [4.69, 9.17) is 4.74 Å². The first-order chi connectivity index (χ1) is 8.06. The maximum atomic E-state index is 11.9. The van der Waals surface area contributed by atoms with E-state index in [2.05, 4.69) is 4.98 Å². The van der Waals surface area contributed by atoms with Gasteiger partial charge >= 0.3 is 0 Å². The number of nitrogens with zero attached hydrogens (tertiary/aromatic N) is 1. The standard InChI is InChI=1S/C12H18N2O3/c1-4-17-6-5-14(3)12(16)10-8-13-9(2)7-11(10)15/h7-8H,4-6H2,1-3H3,(H,13,15). The van der Waals surface area contributed by atoms with Crippen LogP contribution in [0.2, 0.25) is 0 Å². The molecule has 0 unspecified atom stereocenters. The van der Waals surface area contributed by atoms with E-state index in [0.29, 0.717) is 19.8 Å². The van der Waals surface area contributed by atoms with Gasteiger partial charge < -0.3 is 14.6 Å². The number of carbonyl (C=O) groups excluding carboxylic acids is 1. The van der Waals surface area contributed by atoms with Gasteiger partial charge in [-0.2, -0.15) is 0 Å². The molecule has 1 rings (SSSR count). The highest BCUT2D eigenvalue weighted by Crippen LogP contribution is 1.98. The number of H-pyrrole nitrogens is 1. The number of ether oxygens (including phenoxy) is 1. The van der Waals surface area contributed by atoms with Gasteiger partial charge in [-0.1, -0.05) is 0 Å². The molecule has 1 aromatic heterocycles. The first kappa shape index (κ1) is 13.4. The first-order valence-electron chi connectivity index (χ1n) is 5.58. The molecule has 0 spiro atoms. The van der Waals surface area contributed by atoms with Crippen LogP contribution in [0.5, 0.6) is 0 Å². The number of amides is 1. The number of aryl methyl sites for hydroxylation is 1. The third kappa shape index (κ3) is 3.71. The average molecular weight is 238 g/mol. The van der Waals surface area contributed by atoms with Crippen LogP contribution in [0.25, 0.3) is 0 Å². The number of likely N-dealkylation sites (N-methyl/N-ethyl adjacent to an activating group) is 1. The molecule has 0 aliphatic heterocycles. The molecule has 5 nitrogen and oxygen atoms in total. The van der Waals surface area contributed by atoms with Crippen LogP contribution in [0.4, 0.5) is 0 Å². The second-order valence-corrected chi connectivity index (χ2v) is 3.82. The summed E-state index contributed by atoms with van der Waals surface area (Å²) in [6.45, 7) is 5.23. The number of rotatable bonds is 5. The van der Waals surface area contributed by atoms with E-state index >= 15 is 0 Å². The minimum absolute atomic E-state index is 0.162. The Labute approximate surface area is 100 Å². The van der Waals surface area contributed by atoms with Gasteiger partial charge in [0.15, 0.2) is 5.43 Å². The molecule has 0 atom stereocenters. The molecule has 1 aromatic rings. The van der Waals surface area contributed by atoms with Gasteiger partial charge in [0, 0.05) is 38.2 Å². The van der Waals surface area contributed by atoms with Crippen molar-refractivity contribution in [3.05, 3.63) is 33.7 Å². The molecule has 0 fully saturated rings. The number of hydrogen-bond donors (Lipinski definition) is 1. The minimum atomic E-state index is -0.286.